The van der Waals surface area contributed by atoms with Gasteiger partial charge in [-0.15, -0.1) is 0 Å². The fourth-order valence-electron chi connectivity index (χ4n) is 2.51. The maximum atomic E-state index is 12.4. The van der Waals surface area contributed by atoms with E-state index < -0.39 is 0 Å². The molecule has 3 aromatic rings. The second kappa shape index (κ2) is 8.70. The molecule has 0 aromatic heterocycles. The van der Waals surface area contributed by atoms with Crippen LogP contribution in [0.1, 0.15) is 10.4 Å². The molecule has 0 spiro atoms. The normalized spacial score (nSPS) is 11.6. The van der Waals surface area contributed by atoms with Crippen LogP contribution < -0.4 is 11.0 Å². The molecule has 0 aliphatic heterocycles. The van der Waals surface area contributed by atoms with E-state index in [1.54, 1.807) is 12.1 Å². The molecule has 27 heavy (non-hydrogen) atoms. The Kier molecular flexibility index (Phi) is 6.32. The van der Waals surface area contributed by atoms with E-state index in [2.05, 4.69) is 4.99 Å². The molecule has 3 aromatic carbocycles. The van der Waals surface area contributed by atoms with Crippen LogP contribution in [0.4, 0.5) is 11.4 Å². The molecular weight excluding hydrogens is 477 g/mol. The second-order valence-corrected chi connectivity index (χ2v) is 7.76. The van der Waals surface area contributed by atoms with Gasteiger partial charge in [-0.2, -0.15) is 0 Å². The van der Waals surface area contributed by atoms with Crippen molar-refractivity contribution in [3.63, 3.8) is 0 Å². The van der Waals surface area contributed by atoms with Crippen molar-refractivity contribution >= 4 is 67.5 Å². The molecule has 0 bridgehead atoms. The van der Waals surface area contributed by atoms with Crippen LogP contribution >= 0.6 is 34.4 Å². The number of amidine groups is 1. The third-order valence-corrected chi connectivity index (χ3v) is 5.53. The van der Waals surface area contributed by atoms with Gasteiger partial charge in [0, 0.05) is 14.5 Å². The fraction of sp³-hybridized carbons (Fsp3) is 0.0526. The molecule has 138 valence electrons. The number of carbonyl (C=O) groups excluding carboxylic acids is 1. The molecule has 0 heterocycles. The van der Waals surface area contributed by atoms with Crippen molar-refractivity contribution in [1.82, 2.24) is 0 Å². The SMILES string of the molecule is NC(=Nc1cccc2ccccc12)SCC(=O)c1ccc(I)c(N([O-])O)c1. The summed E-state index contributed by atoms with van der Waals surface area (Å²) in [7, 11) is 0. The number of nitrogens with two attached hydrogens (primary N) is 1. The number of rotatable bonds is 5. The smallest absolute Gasteiger partial charge is 0.173 e. The molecule has 0 atom stereocenters. The van der Waals surface area contributed by atoms with E-state index in [1.165, 1.54) is 6.07 Å². The number of hydrogen-bond acceptors (Lipinski definition) is 6. The average molecular weight is 492 g/mol. The first kappa shape index (κ1) is 19.6. The van der Waals surface area contributed by atoms with Crippen molar-refractivity contribution in [2.45, 2.75) is 0 Å². The number of halogens is 1. The van der Waals surface area contributed by atoms with Crippen LogP contribution in [-0.4, -0.2) is 21.9 Å². The molecular formula is C19H15IN3O3S-. The van der Waals surface area contributed by atoms with Crippen molar-refractivity contribution in [2.24, 2.45) is 10.7 Å². The highest BCUT2D eigenvalue weighted by molar-refractivity contribution is 14.1. The fourth-order valence-corrected chi connectivity index (χ4v) is 3.66. The van der Waals surface area contributed by atoms with E-state index >= 15 is 0 Å². The van der Waals surface area contributed by atoms with Crippen molar-refractivity contribution < 1.29 is 10.0 Å². The monoisotopic (exact) mass is 492 g/mol. The highest BCUT2D eigenvalue weighted by Crippen LogP contribution is 2.27. The van der Waals surface area contributed by atoms with E-state index in [-0.39, 0.29) is 27.6 Å². The quantitative estimate of drug-likeness (QED) is 0.176. The summed E-state index contributed by atoms with van der Waals surface area (Å²) in [5, 5.41) is 22.3. The topological polar surface area (TPSA) is 102 Å². The molecule has 6 nitrogen and oxygen atoms in total. The molecule has 0 saturated heterocycles. The van der Waals surface area contributed by atoms with Gasteiger partial charge in [-0.3, -0.25) is 10.0 Å². The lowest BCUT2D eigenvalue weighted by Gasteiger charge is -2.23. The summed E-state index contributed by atoms with van der Waals surface area (Å²) in [6.07, 6.45) is 0. The summed E-state index contributed by atoms with van der Waals surface area (Å²) >= 11 is 3.03. The van der Waals surface area contributed by atoms with Crippen LogP contribution in [0, 0.1) is 8.78 Å². The summed E-state index contributed by atoms with van der Waals surface area (Å²) < 4.78 is 0.548. The lowest BCUT2D eigenvalue weighted by Crippen LogP contribution is -2.13. The summed E-state index contributed by atoms with van der Waals surface area (Å²) in [5.41, 5.74) is 7.08. The zero-order valence-corrected chi connectivity index (χ0v) is 17.0. The van der Waals surface area contributed by atoms with Crippen LogP contribution in [0.15, 0.2) is 65.7 Å². The Hall–Kier alpha value is -2.14. The van der Waals surface area contributed by atoms with E-state index in [0.29, 0.717) is 9.13 Å². The van der Waals surface area contributed by atoms with E-state index in [9.17, 15) is 10.0 Å². The minimum Gasteiger partial charge on any atom is -0.733 e. The number of fused-ring (bicyclic) bond motifs is 1. The van der Waals surface area contributed by atoms with Crippen LogP contribution in [0.5, 0.6) is 0 Å². The number of nitrogens with zero attached hydrogens (tertiary/aromatic N) is 2. The Labute approximate surface area is 173 Å². The van der Waals surface area contributed by atoms with E-state index in [1.807, 2.05) is 65.1 Å². The minimum atomic E-state index is -0.248. The maximum Gasteiger partial charge on any atom is 0.173 e. The largest absolute Gasteiger partial charge is 0.733 e. The molecule has 0 aliphatic carbocycles. The molecule has 0 amide bonds. The predicted octanol–water partition coefficient (Wildman–Crippen LogP) is 4.70. The first-order valence-corrected chi connectivity index (χ1v) is 9.96. The van der Waals surface area contributed by atoms with Crippen LogP contribution in [-0.2, 0) is 0 Å². The molecule has 0 aliphatic rings. The predicted molar refractivity (Wildman–Crippen MR) is 119 cm³/mol. The molecule has 0 fully saturated rings. The molecule has 0 unspecified atom stereocenters. The van der Waals surface area contributed by atoms with Crippen LogP contribution in [0.25, 0.3) is 10.8 Å². The van der Waals surface area contributed by atoms with Gasteiger partial charge in [0.1, 0.15) is 0 Å². The Bertz CT molecular complexity index is 1020. The van der Waals surface area contributed by atoms with Gasteiger partial charge in [0.2, 0.25) is 0 Å². The Morgan fingerprint density at radius 3 is 2.70 bits per heavy atom. The minimum absolute atomic E-state index is 0.0313. The zero-order chi connectivity index (χ0) is 19.4. The highest BCUT2D eigenvalue weighted by Gasteiger charge is 2.11. The van der Waals surface area contributed by atoms with Gasteiger partial charge in [-0.25, -0.2) is 4.99 Å². The van der Waals surface area contributed by atoms with Crippen molar-refractivity contribution in [3.05, 3.63) is 75.0 Å². The highest BCUT2D eigenvalue weighted by atomic mass is 127. The lowest BCUT2D eigenvalue weighted by molar-refractivity contribution is 0.102. The zero-order valence-electron chi connectivity index (χ0n) is 14.0. The Morgan fingerprint density at radius 2 is 1.93 bits per heavy atom. The summed E-state index contributed by atoms with van der Waals surface area (Å²) in [4.78, 5) is 16.8. The Balaban J connectivity index is 1.73. The first-order chi connectivity index (χ1) is 13.0. The third kappa shape index (κ3) is 4.78. The molecule has 0 saturated carbocycles. The molecule has 3 N–H and O–H groups in total. The van der Waals surface area contributed by atoms with Crippen molar-refractivity contribution in [2.75, 3.05) is 11.0 Å². The van der Waals surface area contributed by atoms with E-state index in [0.717, 1.165) is 28.2 Å². The average Bonchev–Trinajstić information content (AvgIpc) is 2.66. The number of ketones is 1. The first-order valence-electron chi connectivity index (χ1n) is 7.89. The van der Waals surface area contributed by atoms with Crippen molar-refractivity contribution in [1.29, 1.82) is 0 Å². The van der Waals surface area contributed by atoms with Gasteiger partial charge in [0.05, 0.1) is 17.1 Å². The number of carbonyl (C=O) groups is 1. The second-order valence-electron chi connectivity index (χ2n) is 5.60. The molecule has 0 radical (unpaired) electrons. The summed E-state index contributed by atoms with van der Waals surface area (Å²) in [5.74, 6) is -0.139. The Morgan fingerprint density at radius 1 is 1.19 bits per heavy atom. The number of benzene rings is 3. The standard InChI is InChI=1S/C19H15IN3O3S/c20-15-9-8-13(10-17(15)23(25)26)18(24)11-27-19(21)22-16-7-3-5-12-4-1-2-6-14(12)16/h1-10,25H,11H2,(H2,21,22)/q-1. The van der Waals surface area contributed by atoms with Crippen LogP contribution in [0.3, 0.4) is 0 Å². The van der Waals surface area contributed by atoms with Crippen LogP contribution in [0.2, 0.25) is 0 Å². The molecule has 8 heteroatoms. The number of anilines is 1. The molecule has 3 rings (SSSR count). The lowest BCUT2D eigenvalue weighted by atomic mass is 10.1. The number of hydrogen-bond donors (Lipinski definition) is 2. The number of aliphatic imine (C=N–C) groups is 1. The van der Waals surface area contributed by atoms with Gasteiger partial charge in [0.25, 0.3) is 0 Å². The number of thioether (sulfide) groups is 1. The summed E-state index contributed by atoms with van der Waals surface area (Å²) in [6, 6.07) is 18.2. The maximum absolute atomic E-state index is 12.4. The number of Topliss-reactive ketones (excluding diaryl/α,β-unsaturated/α-hetero) is 1. The van der Waals surface area contributed by atoms with Gasteiger partial charge < -0.3 is 16.2 Å². The van der Waals surface area contributed by atoms with Gasteiger partial charge >= 0.3 is 0 Å². The van der Waals surface area contributed by atoms with Gasteiger partial charge in [-0.1, -0.05) is 54.2 Å². The van der Waals surface area contributed by atoms with Crippen molar-refractivity contribution in [3.8, 4) is 0 Å². The van der Waals surface area contributed by atoms with Gasteiger partial charge in [-0.05, 0) is 46.2 Å². The third-order valence-electron chi connectivity index (χ3n) is 3.82. The summed E-state index contributed by atoms with van der Waals surface area (Å²) in [6.45, 7) is 0. The van der Waals surface area contributed by atoms with E-state index in [4.69, 9.17) is 10.9 Å². The van der Waals surface area contributed by atoms with Gasteiger partial charge in [0.15, 0.2) is 11.0 Å².